The second kappa shape index (κ2) is 4.79. The molecule has 0 unspecified atom stereocenters. The van der Waals surface area contributed by atoms with Gasteiger partial charge in [0.25, 0.3) is 5.60 Å². The minimum Gasteiger partial charge on any atom is -0.508 e. The number of alkyl halides is 6. The molecule has 21 heavy (non-hydrogen) atoms. The summed E-state index contributed by atoms with van der Waals surface area (Å²) >= 11 is 0. The monoisotopic (exact) mass is 314 g/mol. The van der Waals surface area contributed by atoms with E-state index in [1.165, 1.54) is 0 Å². The third kappa shape index (κ3) is 2.16. The molecule has 0 saturated carbocycles. The molecule has 118 valence electrons. The van der Waals surface area contributed by atoms with Crippen molar-refractivity contribution in [1.29, 1.82) is 0 Å². The van der Waals surface area contributed by atoms with E-state index in [0.29, 0.717) is 12.5 Å². The summed E-state index contributed by atoms with van der Waals surface area (Å²) in [5.74, 6) is -0.320. The minimum absolute atomic E-state index is 0.0744. The summed E-state index contributed by atoms with van der Waals surface area (Å²) in [7, 11) is 0. The second-order valence-electron chi connectivity index (χ2n) is 4.80. The summed E-state index contributed by atoms with van der Waals surface area (Å²) in [4.78, 5) is 0. The summed E-state index contributed by atoms with van der Waals surface area (Å²) in [5.41, 5.74) is -5.47. The van der Waals surface area contributed by atoms with E-state index in [1.54, 1.807) is 6.92 Å². The number of phenols is 1. The van der Waals surface area contributed by atoms with Gasteiger partial charge in [-0.2, -0.15) is 26.3 Å². The highest BCUT2D eigenvalue weighted by Gasteiger charge is 2.75. The van der Waals surface area contributed by atoms with Gasteiger partial charge in [-0.3, -0.25) is 0 Å². The molecule has 0 aromatic heterocycles. The number of halogens is 6. The van der Waals surface area contributed by atoms with Crippen LogP contribution in [0.3, 0.4) is 0 Å². The first-order valence-electron chi connectivity index (χ1n) is 6.18. The van der Waals surface area contributed by atoms with E-state index in [9.17, 15) is 31.4 Å². The Morgan fingerprint density at radius 1 is 1.14 bits per heavy atom. The van der Waals surface area contributed by atoms with Crippen LogP contribution in [0.2, 0.25) is 0 Å². The van der Waals surface area contributed by atoms with Gasteiger partial charge in [-0.25, -0.2) is 0 Å². The lowest BCUT2D eigenvalue weighted by Gasteiger charge is -2.33. The maximum Gasteiger partial charge on any atom is 0.430 e. The Balaban J connectivity index is 2.72. The average Bonchev–Trinajstić information content (AvgIpc) is 2.72. The van der Waals surface area contributed by atoms with Crippen molar-refractivity contribution in [2.24, 2.45) is 0 Å². The van der Waals surface area contributed by atoms with E-state index >= 15 is 0 Å². The maximum atomic E-state index is 13.1. The fourth-order valence-electron chi connectivity index (χ4n) is 2.59. The summed E-state index contributed by atoms with van der Waals surface area (Å²) in [5, 5.41) is 9.66. The molecule has 0 aliphatic carbocycles. The van der Waals surface area contributed by atoms with Crippen LogP contribution < -0.4 is 0 Å². The molecule has 1 aromatic carbocycles. The normalized spacial score (nSPS) is 17.9. The van der Waals surface area contributed by atoms with Crippen molar-refractivity contribution >= 4 is 0 Å². The van der Waals surface area contributed by atoms with Crippen LogP contribution in [0.15, 0.2) is 12.1 Å². The van der Waals surface area contributed by atoms with Gasteiger partial charge in [0.05, 0.1) is 6.61 Å². The molecule has 0 fully saturated rings. The Labute approximate surface area is 116 Å². The van der Waals surface area contributed by atoms with Crippen molar-refractivity contribution in [3.63, 3.8) is 0 Å². The molecule has 1 aliphatic rings. The molecule has 1 heterocycles. The molecule has 1 N–H and O–H groups in total. The lowest BCUT2D eigenvalue weighted by atomic mass is 9.87. The molecule has 8 heteroatoms. The zero-order chi connectivity index (χ0) is 16.1. The fraction of sp³-hybridized carbons (Fsp3) is 0.538. The van der Waals surface area contributed by atoms with Crippen LogP contribution in [0, 0.1) is 0 Å². The van der Waals surface area contributed by atoms with Crippen molar-refractivity contribution in [3.05, 3.63) is 28.8 Å². The van der Waals surface area contributed by atoms with Gasteiger partial charge < -0.3 is 9.84 Å². The number of benzene rings is 1. The summed E-state index contributed by atoms with van der Waals surface area (Å²) in [6.45, 7) is 0.869. The number of aromatic hydroxyl groups is 1. The van der Waals surface area contributed by atoms with Crippen LogP contribution in [-0.2, 0) is 23.4 Å². The van der Waals surface area contributed by atoms with Crippen LogP contribution in [0.5, 0.6) is 5.75 Å². The van der Waals surface area contributed by atoms with E-state index in [1.807, 2.05) is 0 Å². The number of ether oxygens (including phenoxy) is 1. The molecular weight excluding hydrogens is 302 g/mol. The molecule has 1 aromatic rings. The molecule has 1 aliphatic heterocycles. The third-order valence-corrected chi connectivity index (χ3v) is 3.52. The number of hydrogen-bond donors (Lipinski definition) is 1. The minimum atomic E-state index is -5.64. The molecule has 2 rings (SSSR count). The van der Waals surface area contributed by atoms with E-state index in [2.05, 4.69) is 4.74 Å². The molecule has 2 nitrogen and oxygen atoms in total. The lowest BCUT2D eigenvalue weighted by molar-refractivity contribution is -0.385. The van der Waals surface area contributed by atoms with Gasteiger partial charge in [0, 0.05) is 5.56 Å². The van der Waals surface area contributed by atoms with Crippen molar-refractivity contribution in [3.8, 4) is 5.75 Å². The quantitative estimate of drug-likeness (QED) is 0.829. The Morgan fingerprint density at radius 2 is 1.71 bits per heavy atom. The van der Waals surface area contributed by atoms with Crippen molar-refractivity contribution in [1.82, 2.24) is 0 Å². The maximum absolute atomic E-state index is 13.1. The highest BCUT2D eigenvalue weighted by atomic mass is 19.4. The second-order valence-corrected chi connectivity index (χ2v) is 4.80. The van der Waals surface area contributed by atoms with E-state index in [4.69, 9.17) is 0 Å². The molecule has 0 radical (unpaired) electrons. The summed E-state index contributed by atoms with van der Waals surface area (Å²) in [6, 6.07) is 1.49. The zero-order valence-corrected chi connectivity index (χ0v) is 10.9. The number of phenolic OH excluding ortho intramolecular Hbond substituents is 1. The van der Waals surface area contributed by atoms with Gasteiger partial charge in [0.1, 0.15) is 5.75 Å². The highest BCUT2D eigenvalue weighted by molar-refractivity contribution is 5.50. The summed E-state index contributed by atoms with van der Waals surface area (Å²) in [6.07, 6.45) is -10.6. The van der Waals surface area contributed by atoms with E-state index in [-0.39, 0.29) is 23.3 Å². The van der Waals surface area contributed by atoms with Gasteiger partial charge in [-0.15, -0.1) is 0 Å². The molecular formula is C13H12F6O2. The van der Waals surface area contributed by atoms with E-state index < -0.39 is 30.1 Å². The molecule has 0 saturated heterocycles. The van der Waals surface area contributed by atoms with E-state index in [0.717, 1.165) is 6.07 Å². The predicted molar refractivity (Wildman–Crippen MR) is 60.7 cm³/mol. The first kappa shape index (κ1) is 15.9. The predicted octanol–water partition coefficient (Wildman–Crippen LogP) is 4.19. The van der Waals surface area contributed by atoms with Crippen LogP contribution in [0.1, 0.15) is 30.0 Å². The Kier molecular flexibility index (Phi) is 3.64. The SMILES string of the molecule is CCCc1c(O)ccc2c1COC2(C(F)(F)F)C(F)(F)F. The van der Waals surface area contributed by atoms with Crippen molar-refractivity contribution < 1.29 is 36.2 Å². The summed E-state index contributed by atoms with van der Waals surface area (Å²) < 4.78 is 82.8. The van der Waals surface area contributed by atoms with Gasteiger partial charge >= 0.3 is 12.4 Å². The Bertz CT molecular complexity index is 533. The highest BCUT2D eigenvalue weighted by Crippen LogP contribution is 2.58. The smallest absolute Gasteiger partial charge is 0.430 e. The standard InChI is InChI=1S/C13H12F6O2/c1-2-3-7-8-6-21-11(12(14,15)16,13(17,18)19)9(8)4-5-10(7)20/h4-5,20H,2-3,6H2,1H3. The first-order chi connectivity index (χ1) is 9.56. The number of fused-ring (bicyclic) bond motifs is 1. The van der Waals surface area contributed by atoms with Crippen LogP contribution in [0.4, 0.5) is 26.3 Å². The molecule has 0 atom stereocenters. The average molecular weight is 314 g/mol. The molecule has 0 amide bonds. The topological polar surface area (TPSA) is 29.5 Å². The van der Waals surface area contributed by atoms with Gasteiger partial charge in [0.15, 0.2) is 0 Å². The third-order valence-electron chi connectivity index (χ3n) is 3.52. The van der Waals surface area contributed by atoms with Gasteiger partial charge in [-0.1, -0.05) is 19.4 Å². The van der Waals surface area contributed by atoms with Crippen molar-refractivity contribution in [2.45, 2.75) is 44.3 Å². The first-order valence-corrected chi connectivity index (χ1v) is 6.18. The molecule has 0 spiro atoms. The van der Waals surface area contributed by atoms with Crippen LogP contribution in [-0.4, -0.2) is 17.5 Å². The number of hydrogen-bond acceptors (Lipinski definition) is 2. The zero-order valence-electron chi connectivity index (χ0n) is 10.9. The molecule has 0 bridgehead atoms. The Hall–Kier alpha value is -1.44. The number of rotatable bonds is 2. The Morgan fingerprint density at radius 3 is 2.19 bits per heavy atom. The lowest BCUT2D eigenvalue weighted by Crippen LogP contribution is -2.53. The van der Waals surface area contributed by atoms with Crippen molar-refractivity contribution in [2.75, 3.05) is 0 Å². The van der Waals surface area contributed by atoms with Gasteiger partial charge in [-0.05, 0) is 23.6 Å². The fourth-order valence-corrected chi connectivity index (χ4v) is 2.59. The van der Waals surface area contributed by atoms with Gasteiger partial charge in [0.2, 0.25) is 0 Å². The van der Waals surface area contributed by atoms with Crippen LogP contribution in [0.25, 0.3) is 0 Å². The van der Waals surface area contributed by atoms with Crippen LogP contribution >= 0.6 is 0 Å². The largest absolute Gasteiger partial charge is 0.508 e.